The van der Waals surface area contributed by atoms with Crippen molar-refractivity contribution in [1.29, 1.82) is 0 Å². The van der Waals surface area contributed by atoms with E-state index in [1.165, 1.54) is 11.8 Å². The zero-order chi connectivity index (χ0) is 21.3. The van der Waals surface area contributed by atoms with Crippen LogP contribution in [0.15, 0.2) is 53.5 Å². The summed E-state index contributed by atoms with van der Waals surface area (Å²) in [4.78, 5) is 20.9. The second kappa shape index (κ2) is 10.6. The fourth-order valence-corrected chi connectivity index (χ4v) is 3.60. The quantitative estimate of drug-likeness (QED) is 0.565. The lowest BCUT2D eigenvalue weighted by atomic mass is 10.1. The van der Waals surface area contributed by atoms with E-state index < -0.39 is 0 Å². The van der Waals surface area contributed by atoms with Crippen LogP contribution in [-0.2, 0) is 11.2 Å². The molecule has 2 N–H and O–H groups in total. The number of aliphatic imine (C=N–C) groups is 1. The molecule has 2 aromatic carbocycles. The molecule has 0 spiro atoms. The van der Waals surface area contributed by atoms with Crippen molar-refractivity contribution in [2.75, 3.05) is 51.2 Å². The number of carbonyl (C=O) groups excluding carboxylic acids is 1. The van der Waals surface area contributed by atoms with Crippen LogP contribution in [0.1, 0.15) is 11.1 Å². The van der Waals surface area contributed by atoms with Crippen molar-refractivity contribution in [2.45, 2.75) is 13.3 Å². The van der Waals surface area contributed by atoms with Crippen molar-refractivity contribution in [1.82, 2.24) is 15.5 Å². The Kier molecular flexibility index (Phi) is 7.65. The molecule has 0 aromatic heterocycles. The molecule has 0 bridgehead atoms. The summed E-state index contributed by atoms with van der Waals surface area (Å²) in [7, 11) is 1.68. The number of piperazine rings is 1. The van der Waals surface area contributed by atoms with Gasteiger partial charge in [0.05, 0.1) is 6.54 Å². The molecule has 0 saturated carbocycles. The van der Waals surface area contributed by atoms with E-state index in [-0.39, 0.29) is 18.3 Å². The number of guanidine groups is 1. The van der Waals surface area contributed by atoms with Crippen LogP contribution in [0, 0.1) is 12.7 Å². The summed E-state index contributed by atoms with van der Waals surface area (Å²) in [5.41, 5.74) is 3.22. The highest BCUT2D eigenvalue weighted by Crippen LogP contribution is 2.15. The lowest BCUT2D eigenvalue weighted by Crippen LogP contribution is -2.52. The van der Waals surface area contributed by atoms with E-state index in [9.17, 15) is 9.18 Å². The summed E-state index contributed by atoms with van der Waals surface area (Å²) in [6.45, 7) is 5.86. The first-order valence-electron chi connectivity index (χ1n) is 10.3. The molecule has 0 radical (unpaired) electrons. The molecule has 1 amide bonds. The number of nitrogens with one attached hydrogen (secondary N) is 2. The highest BCUT2D eigenvalue weighted by Gasteiger charge is 2.21. The Bertz CT molecular complexity index is 863. The van der Waals surface area contributed by atoms with E-state index >= 15 is 0 Å². The summed E-state index contributed by atoms with van der Waals surface area (Å²) in [6, 6.07) is 15.1. The molecule has 0 atom stereocenters. The molecule has 1 aliphatic rings. The smallest absolute Gasteiger partial charge is 0.242 e. The average Bonchev–Trinajstić information content (AvgIpc) is 2.78. The Labute approximate surface area is 177 Å². The summed E-state index contributed by atoms with van der Waals surface area (Å²) >= 11 is 0. The van der Waals surface area contributed by atoms with E-state index in [0.717, 1.165) is 30.6 Å². The van der Waals surface area contributed by atoms with Gasteiger partial charge in [0.15, 0.2) is 5.96 Å². The van der Waals surface area contributed by atoms with E-state index in [4.69, 9.17) is 0 Å². The standard InChI is InChI=1S/C23H30FN5O/c1-18-16-20(24)9-8-19(18)10-11-26-23(25-2)27-17-22(30)29-14-12-28(13-15-29)21-6-4-3-5-7-21/h3-9,16H,10-15,17H2,1-2H3,(H2,25,26,27). The van der Waals surface area contributed by atoms with Crippen LogP contribution in [0.3, 0.4) is 0 Å². The van der Waals surface area contributed by atoms with Crippen LogP contribution in [0.5, 0.6) is 0 Å². The third-order valence-corrected chi connectivity index (χ3v) is 5.38. The van der Waals surface area contributed by atoms with Gasteiger partial charge in [0, 0.05) is 45.5 Å². The van der Waals surface area contributed by atoms with Gasteiger partial charge in [-0.25, -0.2) is 4.39 Å². The van der Waals surface area contributed by atoms with Crippen molar-refractivity contribution in [3.8, 4) is 0 Å². The monoisotopic (exact) mass is 411 g/mol. The Morgan fingerprint density at radius 3 is 2.47 bits per heavy atom. The van der Waals surface area contributed by atoms with E-state index in [1.807, 2.05) is 30.0 Å². The summed E-state index contributed by atoms with van der Waals surface area (Å²) in [5.74, 6) is 0.441. The van der Waals surface area contributed by atoms with Crippen molar-refractivity contribution in [2.24, 2.45) is 4.99 Å². The van der Waals surface area contributed by atoms with Gasteiger partial charge in [-0.1, -0.05) is 24.3 Å². The van der Waals surface area contributed by atoms with Crippen LogP contribution in [-0.4, -0.2) is 63.1 Å². The van der Waals surface area contributed by atoms with Gasteiger partial charge in [-0.3, -0.25) is 9.79 Å². The number of nitrogens with zero attached hydrogens (tertiary/aromatic N) is 3. The molecule has 3 rings (SSSR count). The minimum atomic E-state index is -0.218. The number of para-hydroxylation sites is 1. The predicted molar refractivity (Wildman–Crippen MR) is 119 cm³/mol. The van der Waals surface area contributed by atoms with Crippen LogP contribution in [0.4, 0.5) is 10.1 Å². The summed E-state index contributed by atoms with van der Waals surface area (Å²) in [5, 5.41) is 6.31. The van der Waals surface area contributed by atoms with Gasteiger partial charge in [-0.05, 0) is 48.7 Å². The molecule has 7 heteroatoms. The lowest BCUT2D eigenvalue weighted by molar-refractivity contribution is -0.130. The fourth-order valence-electron chi connectivity index (χ4n) is 3.60. The zero-order valence-corrected chi connectivity index (χ0v) is 17.7. The largest absolute Gasteiger partial charge is 0.368 e. The fraction of sp³-hybridized carbons (Fsp3) is 0.391. The van der Waals surface area contributed by atoms with Crippen LogP contribution in [0.25, 0.3) is 0 Å². The van der Waals surface area contributed by atoms with Gasteiger partial charge in [-0.15, -0.1) is 0 Å². The number of rotatable bonds is 6. The molecule has 1 heterocycles. The van der Waals surface area contributed by atoms with Gasteiger partial charge in [-0.2, -0.15) is 0 Å². The first kappa shape index (κ1) is 21.6. The minimum absolute atomic E-state index is 0.0695. The van der Waals surface area contributed by atoms with Crippen molar-refractivity contribution in [3.63, 3.8) is 0 Å². The number of hydrogen-bond acceptors (Lipinski definition) is 3. The number of hydrogen-bond donors (Lipinski definition) is 2. The van der Waals surface area contributed by atoms with E-state index in [0.29, 0.717) is 25.6 Å². The highest BCUT2D eigenvalue weighted by atomic mass is 19.1. The average molecular weight is 412 g/mol. The topological polar surface area (TPSA) is 60.0 Å². The first-order valence-corrected chi connectivity index (χ1v) is 10.3. The number of anilines is 1. The Morgan fingerprint density at radius 2 is 1.80 bits per heavy atom. The molecule has 1 fully saturated rings. The number of halogens is 1. The molecule has 0 aliphatic carbocycles. The van der Waals surface area contributed by atoms with Crippen molar-refractivity contribution < 1.29 is 9.18 Å². The SMILES string of the molecule is CN=C(NCCc1ccc(F)cc1C)NCC(=O)N1CCN(c2ccccc2)CC1. The molecular weight excluding hydrogens is 381 g/mol. The third kappa shape index (κ3) is 5.95. The van der Waals surface area contributed by atoms with Crippen molar-refractivity contribution >= 4 is 17.6 Å². The number of carbonyl (C=O) groups is 1. The van der Waals surface area contributed by atoms with Crippen LogP contribution in [0.2, 0.25) is 0 Å². The van der Waals surface area contributed by atoms with Gasteiger partial charge >= 0.3 is 0 Å². The van der Waals surface area contributed by atoms with Gasteiger partial charge in [0.25, 0.3) is 0 Å². The highest BCUT2D eigenvalue weighted by molar-refractivity contribution is 5.86. The number of amides is 1. The van der Waals surface area contributed by atoms with Gasteiger partial charge in [0.2, 0.25) is 5.91 Å². The maximum Gasteiger partial charge on any atom is 0.242 e. The molecule has 6 nitrogen and oxygen atoms in total. The Morgan fingerprint density at radius 1 is 1.07 bits per heavy atom. The normalized spacial score (nSPS) is 14.6. The summed E-state index contributed by atoms with van der Waals surface area (Å²) in [6.07, 6.45) is 0.752. The minimum Gasteiger partial charge on any atom is -0.368 e. The van der Waals surface area contributed by atoms with Gasteiger partial charge in [0.1, 0.15) is 5.82 Å². The second-order valence-corrected chi connectivity index (χ2v) is 7.38. The molecule has 0 unspecified atom stereocenters. The van der Waals surface area contributed by atoms with Gasteiger partial charge < -0.3 is 20.4 Å². The van der Waals surface area contributed by atoms with E-state index in [1.54, 1.807) is 19.2 Å². The number of benzene rings is 2. The second-order valence-electron chi connectivity index (χ2n) is 7.38. The predicted octanol–water partition coefficient (Wildman–Crippen LogP) is 2.19. The summed E-state index contributed by atoms with van der Waals surface area (Å²) < 4.78 is 13.2. The molecule has 160 valence electrons. The maximum absolute atomic E-state index is 13.2. The molecule has 1 saturated heterocycles. The number of aryl methyl sites for hydroxylation is 1. The van der Waals surface area contributed by atoms with Crippen molar-refractivity contribution in [3.05, 3.63) is 65.5 Å². The molecule has 1 aliphatic heterocycles. The molecule has 2 aromatic rings. The van der Waals surface area contributed by atoms with E-state index in [2.05, 4.69) is 32.7 Å². The third-order valence-electron chi connectivity index (χ3n) is 5.38. The maximum atomic E-state index is 13.2. The molecular formula is C23H30FN5O. The lowest BCUT2D eigenvalue weighted by Gasteiger charge is -2.36. The molecule has 30 heavy (non-hydrogen) atoms. The zero-order valence-electron chi connectivity index (χ0n) is 17.7. The first-order chi connectivity index (χ1) is 14.6. The Hall–Kier alpha value is -3.09. The van der Waals surface area contributed by atoms with Crippen LogP contribution < -0.4 is 15.5 Å². The Balaban J connectivity index is 1.39. The van der Waals surface area contributed by atoms with Crippen LogP contribution >= 0.6 is 0 Å².